The molecule has 0 aliphatic heterocycles. The number of ether oxygens (including phenoxy) is 5. The molecule has 0 saturated carbocycles. The number of likely N-dealkylation sites (N-methyl/N-ethyl adjacent to an activating group) is 2. The van der Waals surface area contributed by atoms with Gasteiger partial charge in [0.05, 0.1) is 79.5 Å². The number of pyridine rings is 2. The number of hydrogen-bond donors (Lipinski definition) is 4. The van der Waals surface area contributed by atoms with Crippen LogP contribution < -0.4 is 43.4 Å². The Morgan fingerprint density at radius 2 is 1.06 bits per heavy atom. The van der Waals surface area contributed by atoms with Gasteiger partial charge in [-0.2, -0.15) is 18.7 Å². The van der Waals surface area contributed by atoms with E-state index < -0.39 is 40.2 Å². The van der Waals surface area contributed by atoms with E-state index in [2.05, 4.69) is 65.2 Å². The number of nitrogen functional groups attached to an aromatic ring is 2. The molecule has 8 aromatic rings. The number of aryl methyl sites for hydroxylation is 3. The fourth-order valence-corrected chi connectivity index (χ4v) is 9.90. The van der Waals surface area contributed by atoms with Crippen LogP contribution in [0.3, 0.4) is 0 Å². The Balaban J connectivity index is 0.000000263. The third-order valence-corrected chi connectivity index (χ3v) is 15.1. The van der Waals surface area contributed by atoms with Crippen LogP contribution in [0.1, 0.15) is 83.8 Å². The molecule has 34 heteroatoms. The van der Waals surface area contributed by atoms with Crippen molar-refractivity contribution in [3.8, 4) is 35.2 Å². The number of nitrogens with two attached hydrogens (primary N) is 2. The number of aromatic amines is 2. The maximum atomic E-state index is 13.5. The monoisotopic (exact) mass is 1380 g/mol. The van der Waals surface area contributed by atoms with E-state index >= 15 is 0 Å². The molecule has 3 amide bonds. The number of halogens is 4. The number of fused-ring (bicyclic) bond motifs is 2. The van der Waals surface area contributed by atoms with Gasteiger partial charge < -0.3 is 59.0 Å². The Morgan fingerprint density at radius 3 is 1.49 bits per heavy atom. The quantitative estimate of drug-likeness (QED) is 0.0208. The SMILES string of the molecule is CCCCN(C)C(=O)OCCC#Cc1cn(Cc2ncc(C)c(OC)c2C)c2nc(N)nc(Cl)c12.COc1c(C)cnc(Cn2cc(C#CCCOC(=O)N(C)CCN(C)C(=O)CCn3cc(F)c(=O)[nH]c3=O)c3c(Cl)nc(N)nc32)c1C.O=COCCn1cc(F)c(=O)[nH]c1=O. The van der Waals surface area contributed by atoms with Gasteiger partial charge in [-0.25, -0.2) is 29.1 Å². The van der Waals surface area contributed by atoms with Crippen molar-refractivity contribution in [1.29, 1.82) is 0 Å². The zero-order valence-electron chi connectivity index (χ0n) is 54.9. The first kappa shape index (κ1) is 75.2. The maximum Gasteiger partial charge on any atom is 0.409 e. The molecule has 0 saturated heterocycles. The molecule has 0 fully saturated rings. The van der Waals surface area contributed by atoms with Crippen LogP contribution in [0.15, 0.2) is 56.4 Å². The lowest BCUT2D eigenvalue weighted by Crippen LogP contribution is -2.38. The van der Waals surface area contributed by atoms with Crippen LogP contribution in [0, 0.1) is 63.0 Å². The predicted octanol–water partition coefficient (Wildman–Crippen LogP) is 5.28. The number of hydrogen-bond acceptors (Lipinski definition) is 21. The Hall–Kier alpha value is -10.9. The van der Waals surface area contributed by atoms with Crippen LogP contribution in [0.4, 0.5) is 30.3 Å². The molecule has 0 aliphatic carbocycles. The molecule has 0 spiro atoms. The number of nitrogens with one attached hydrogen (secondary N) is 2. The standard InChI is InChI=1S/C31H35ClFN9O6.C25H31ClN6O3.C7H7FN2O4/c1-18-14-35-22(19(2)25(18)47-5)17-42-15-20(24-26(32)36-29(34)37-27(24)42)8-6-7-13-48-31(46)40(4)12-11-39(3)23(43)9-10-41-16-21(33)28(44)38-30(41)45;1-6-7-11-31(4)25(33)35-12-9-8-10-18-14-32(23-20(18)22(26)29-24(27)30-23)15-19-17(3)21(34-5)16(2)13-28-19;8-5-3-10(1-2-14-4-11)7(13)9-6(5)12/h14-16H,7,9-13,17H2,1-5H3,(H2,34,36,37)(H,38,44,45);13-14H,6-7,9,11-12,15H2,1-5H3,(H2,27,29,30);3-4H,1-2H2,(H,9,12,13). The lowest BCUT2D eigenvalue weighted by molar-refractivity contribution is -0.130. The fourth-order valence-electron chi connectivity index (χ4n) is 9.35. The van der Waals surface area contributed by atoms with Gasteiger partial charge in [-0.15, -0.1) is 0 Å². The minimum atomic E-state index is -1.12. The average molecular weight is 1390 g/mol. The molecule has 8 rings (SSSR count). The number of methoxy groups -OCH3 is 2. The number of H-pyrrole nitrogens is 2. The highest BCUT2D eigenvalue weighted by atomic mass is 35.5. The molecule has 6 N–H and O–H groups in total. The van der Waals surface area contributed by atoms with Gasteiger partial charge in [-0.3, -0.25) is 48.2 Å². The molecular weight excluding hydrogens is 1310 g/mol. The smallest absolute Gasteiger partial charge is 0.409 e. The summed E-state index contributed by atoms with van der Waals surface area (Å²) in [5, 5.41) is 1.53. The van der Waals surface area contributed by atoms with E-state index in [4.69, 9.17) is 53.6 Å². The van der Waals surface area contributed by atoms with Crippen molar-refractivity contribution in [2.24, 2.45) is 0 Å². The van der Waals surface area contributed by atoms with E-state index in [-0.39, 0.29) is 99.5 Å². The third-order valence-electron chi connectivity index (χ3n) is 14.6. The Kier molecular flexibility index (Phi) is 27.6. The first-order chi connectivity index (χ1) is 46.2. The van der Waals surface area contributed by atoms with Crippen molar-refractivity contribution in [3.05, 3.63) is 146 Å². The summed E-state index contributed by atoms with van der Waals surface area (Å²) in [5.41, 5.74) is 15.6. The second-order valence-electron chi connectivity index (χ2n) is 21.5. The minimum Gasteiger partial charge on any atom is -0.496 e. The summed E-state index contributed by atoms with van der Waals surface area (Å²) in [4.78, 5) is 125. The van der Waals surface area contributed by atoms with Crippen molar-refractivity contribution in [1.82, 2.24) is 72.8 Å². The second-order valence-corrected chi connectivity index (χ2v) is 22.2. The molecule has 516 valence electrons. The van der Waals surface area contributed by atoms with Gasteiger partial charge in [-0.1, -0.05) is 60.2 Å². The number of carbonyl (C=O) groups excluding carboxylic acids is 4. The molecule has 30 nitrogen and oxygen atoms in total. The van der Waals surface area contributed by atoms with E-state index in [1.165, 1.54) is 23.9 Å². The van der Waals surface area contributed by atoms with Crippen molar-refractivity contribution in [2.75, 3.05) is 86.3 Å². The average Bonchev–Trinajstić information content (AvgIpc) is 1.64. The Morgan fingerprint density at radius 1 is 0.629 bits per heavy atom. The van der Waals surface area contributed by atoms with E-state index in [0.29, 0.717) is 59.2 Å². The van der Waals surface area contributed by atoms with Gasteiger partial charge in [-0.05, 0) is 34.1 Å². The van der Waals surface area contributed by atoms with E-state index in [1.54, 1.807) is 49.7 Å². The second kappa shape index (κ2) is 35.6. The van der Waals surface area contributed by atoms with E-state index in [0.717, 1.165) is 79.5 Å². The molecule has 0 aromatic carbocycles. The molecule has 0 atom stereocenters. The van der Waals surface area contributed by atoms with Gasteiger partial charge in [0.25, 0.3) is 17.6 Å². The number of amides is 3. The molecule has 97 heavy (non-hydrogen) atoms. The number of rotatable bonds is 23. The molecular formula is C63H73Cl2F2N17O13. The number of anilines is 2. The highest BCUT2D eigenvalue weighted by molar-refractivity contribution is 6.35. The van der Waals surface area contributed by atoms with Crippen molar-refractivity contribution in [2.45, 2.75) is 92.9 Å². The van der Waals surface area contributed by atoms with Crippen LogP contribution in [-0.2, 0) is 50.0 Å². The van der Waals surface area contributed by atoms with Gasteiger partial charge in [0, 0.05) is 114 Å². The highest BCUT2D eigenvalue weighted by Gasteiger charge is 2.21. The lowest BCUT2D eigenvalue weighted by Gasteiger charge is -2.22. The summed E-state index contributed by atoms with van der Waals surface area (Å²) in [6.07, 6.45) is 10.2. The van der Waals surface area contributed by atoms with Crippen molar-refractivity contribution in [3.63, 3.8) is 0 Å². The highest BCUT2D eigenvalue weighted by Crippen LogP contribution is 2.31. The maximum absolute atomic E-state index is 13.5. The zero-order chi connectivity index (χ0) is 71.2. The molecule has 0 radical (unpaired) electrons. The first-order valence-electron chi connectivity index (χ1n) is 29.8. The fraction of sp³-hybridized carbons (Fsp3) is 0.397. The van der Waals surface area contributed by atoms with Crippen LogP contribution >= 0.6 is 23.2 Å². The normalized spacial score (nSPS) is 10.6. The Labute approximate surface area is 563 Å². The van der Waals surface area contributed by atoms with E-state index in [1.807, 2.05) is 48.0 Å². The van der Waals surface area contributed by atoms with Crippen molar-refractivity contribution >= 4 is 81.7 Å². The van der Waals surface area contributed by atoms with Crippen LogP contribution in [-0.4, -0.2) is 172 Å². The largest absolute Gasteiger partial charge is 0.496 e. The number of unbranched alkanes of at least 4 members (excludes halogenated alkanes) is 1. The van der Waals surface area contributed by atoms with Crippen LogP contribution in [0.5, 0.6) is 11.5 Å². The lowest BCUT2D eigenvalue weighted by atomic mass is 10.1. The summed E-state index contributed by atoms with van der Waals surface area (Å²) in [6.45, 7) is 11.9. The van der Waals surface area contributed by atoms with Gasteiger partial charge >= 0.3 is 23.6 Å². The van der Waals surface area contributed by atoms with Gasteiger partial charge in [0.2, 0.25) is 29.4 Å². The van der Waals surface area contributed by atoms with Gasteiger partial charge in [0.1, 0.15) is 52.9 Å². The van der Waals surface area contributed by atoms with Gasteiger partial charge in [0.15, 0.2) is 0 Å². The number of nitrogens with zero attached hydrogens (tertiary/aromatic N) is 13. The summed E-state index contributed by atoms with van der Waals surface area (Å²) < 4.78 is 57.6. The van der Waals surface area contributed by atoms with Crippen LogP contribution in [0.25, 0.3) is 22.1 Å². The summed E-state index contributed by atoms with van der Waals surface area (Å²) >= 11 is 12.9. The topological polar surface area (TPSA) is 373 Å². The third kappa shape index (κ3) is 20.3. The molecule has 0 unspecified atom stereocenters. The molecule has 0 bridgehead atoms. The molecule has 8 aromatic heterocycles. The van der Waals surface area contributed by atoms with Crippen LogP contribution in [0.2, 0.25) is 10.3 Å². The number of aromatic nitrogens is 12. The minimum absolute atomic E-state index is 0.00866. The van der Waals surface area contributed by atoms with Crippen molar-refractivity contribution < 1.29 is 51.6 Å². The summed E-state index contributed by atoms with van der Waals surface area (Å²) in [6, 6.07) is 0. The summed E-state index contributed by atoms with van der Waals surface area (Å²) in [5.74, 6) is 11.3. The number of carbonyl (C=O) groups is 4. The Bertz CT molecular complexity index is 4570. The summed E-state index contributed by atoms with van der Waals surface area (Å²) in [7, 11) is 8.04. The first-order valence-corrected chi connectivity index (χ1v) is 30.6. The van der Waals surface area contributed by atoms with E-state index in [9.17, 15) is 47.1 Å². The molecule has 0 aliphatic rings. The zero-order valence-corrected chi connectivity index (χ0v) is 56.4. The molecule has 8 heterocycles. The predicted molar refractivity (Wildman–Crippen MR) is 355 cm³/mol.